The standard InChI is InChI=1S/C18H31N3/c1-3-15-12-17(21(4-2)20-15)13-18(10-6-5-7-11-18)14-19-16-8-9-16/h12,16,19H,3-11,13-14H2,1-2H3. The molecule has 118 valence electrons. The molecule has 0 aliphatic heterocycles. The molecule has 1 heterocycles. The van der Waals surface area contributed by atoms with Crippen molar-refractivity contribution < 1.29 is 0 Å². The predicted molar refractivity (Wildman–Crippen MR) is 87.5 cm³/mol. The minimum atomic E-state index is 0.485. The molecule has 1 aromatic heterocycles. The Labute approximate surface area is 129 Å². The molecule has 21 heavy (non-hydrogen) atoms. The molecule has 3 rings (SSSR count). The zero-order valence-corrected chi connectivity index (χ0v) is 13.8. The van der Waals surface area contributed by atoms with E-state index in [9.17, 15) is 0 Å². The molecule has 3 heteroatoms. The van der Waals surface area contributed by atoms with Crippen LogP contribution in [0.5, 0.6) is 0 Å². The molecule has 0 radical (unpaired) electrons. The highest BCUT2D eigenvalue weighted by molar-refractivity contribution is 5.13. The van der Waals surface area contributed by atoms with Crippen molar-refractivity contribution in [3.05, 3.63) is 17.5 Å². The molecule has 1 N–H and O–H groups in total. The summed E-state index contributed by atoms with van der Waals surface area (Å²) in [4.78, 5) is 0. The quantitative estimate of drug-likeness (QED) is 0.829. The van der Waals surface area contributed by atoms with Gasteiger partial charge >= 0.3 is 0 Å². The summed E-state index contributed by atoms with van der Waals surface area (Å²) in [6.45, 7) is 6.64. The van der Waals surface area contributed by atoms with Crippen molar-refractivity contribution in [1.29, 1.82) is 0 Å². The minimum absolute atomic E-state index is 0.485. The van der Waals surface area contributed by atoms with Crippen LogP contribution in [-0.2, 0) is 19.4 Å². The highest BCUT2D eigenvalue weighted by Crippen LogP contribution is 2.39. The van der Waals surface area contributed by atoms with Gasteiger partial charge in [-0.3, -0.25) is 4.68 Å². The Morgan fingerprint density at radius 3 is 2.62 bits per heavy atom. The molecule has 2 fully saturated rings. The molecule has 2 aliphatic carbocycles. The topological polar surface area (TPSA) is 29.9 Å². The van der Waals surface area contributed by atoms with E-state index in [1.807, 2.05) is 0 Å². The van der Waals surface area contributed by atoms with Gasteiger partial charge in [0.25, 0.3) is 0 Å². The van der Waals surface area contributed by atoms with Crippen LogP contribution in [0, 0.1) is 5.41 Å². The molecular weight excluding hydrogens is 258 g/mol. The molecule has 0 saturated heterocycles. The average Bonchev–Trinajstić information content (AvgIpc) is 3.27. The summed E-state index contributed by atoms with van der Waals surface area (Å²) in [6, 6.07) is 3.18. The van der Waals surface area contributed by atoms with Gasteiger partial charge in [0, 0.05) is 24.8 Å². The summed E-state index contributed by atoms with van der Waals surface area (Å²) < 4.78 is 2.24. The second-order valence-corrected chi connectivity index (χ2v) is 7.19. The summed E-state index contributed by atoms with van der Waals surface area (Å²) in [5, 5.41) is 8.56. The SMILES string of the molecule is CCc1cc(CC2(CNC3CC3)CCCCC2)n(CC)n1. The van der Waals surface area contributed by atoms with E-state index in [0.717, 1.165) is 19.0 Å². The van der Waals surface area contributed by atoms with Crippen LogP contribution in [0.25, 0.3) is 0 Å². The number of nitrogens with one attached hydrogen (secondary N) is 1. The highest BCUT2D eigenvalue weighted by atomic mass is 15.3. The third-order valence-electron chi connectivity index (χ3n) is 5.39. The van der Waals surface area contributed by atoms with Crippen LogP contribution in [0.2, 0.25) is 0 Å². The Bertz CT molecular complexity index is 453. The fourth-order valence-electron chi connectivity index (χ4n) is 3.85. The minimum Gasteiger partial charge on any atom is -0.313 e. The van der Waals surface area contributed by atoms with Gasteiger partial charge in [0.05, 0.1) is 5.69 Å². The Kier molecular flexibility index (Phi) is 4.68. The monoisotopic (exact) mass is 289 g/mol. The lowest BCUT2D eigenvalue weighted by Crippen LogP contribution is -2.39. The van der Waals surface area contributed by atoms with Gasteiger partial charge in [0.15, 0.2) is 0 Å². The molecule has 0 spiro atoms. The molecule has 0 atom stereocenters. The van der Waals surface area contributed by atoms with Crippen molar-refractivity contribution in [2.75, 3.05) is 6.54 Å². The van der Waals surface area contributed by atoms with Gasteiger partial charge in [-0.15, -0.1) is 0 Å². The molecule has 2 aliphatic rings. The van der Waals surface area contributed by atoms with E-state index in [-0.39, 0.29) is 0 Å². The van der Waals surface area contributed by atoms with E-state index in [1.165, 1.54) is 69.3 Å². The van der Waals surface area contributed by atoms with Crippen molar-refractivity contribution in [2.24, 2.45) is 5.41 Å². The van der Waals surface area contributed by atoms with E-state index >= 15 is 0 Å². The molecular formula is C18H31N3. The van der Waals surface area contributed by atoms with E-state index in [1.54, 1.807) is 0 Å². The number of rotatable bonds is 7. The van der Waals surface area contributed by atoms with E-state index in [0.29, 0.717) is 5.41 Å². The largest absolute Gasteiger partial charge is 0.313 e. The number of aryl methyl sites for hydroxylation is 2. The van der Waals surface area contributed by atoms with Gasteiger partial charge in [-0.2, -0.15) is 5.10 Å². The van der Waals surface area contributed by atoms with Gasteiger partial charge in [-0.1, -0.05) is 26.2 Å². The summed E-state index contributed by atoms with van der Waals surface area (Å²) in [5.41, 5.74) is 3.21. The first-order valence-electron chi connectivity index (χ1n) is 9.04. The van der Waals surface area contributed by atoms with Crippen LogP contribution in [0.15, 0.2) is 6.07 Å². The van der Waals surface area contributed by atoms with E-state index < -0.39 is 0 Å². The average molecular weight is 289 g/mol. The molecule has 0 unspecified atom stereocenters. The fraction of sp³-hybridized carbons (Fsp3) is 0.833. The summed E-state index contributed by atoms with van der Waals surface area (Å²) in [7, 11) is 0. The summed E-state index contributed by atoms with van der Waals surface area (Å²) in [6.07, 6.45) is 12.1. The molecule has 1 aromatic rings. The first-order valence-corrected chi connectivity index (χ1v) is 9.04. The third-order valence-corrected chi connectivity index (χ3v) is 5.39. The Balaban J connectivity index is 1.74. The van der Waals surface area contributed by atoms with Gasteiger partial charge in [0.1, 0.15) is 0 Å². The summed E-state index contributed by atoms with van der Waals surface area (Å²) >= 11 is 0. The Hall–Kier alpha value is -0.830. The van der Waals surface area contributed by atoms with Crippen molar-refractivity contribution >= 4 is 0 Å². The van der Waals surface area contributed by atoms with Crippen LogP contribution < -0.4 is 5.32 Å². The fourth-order valence-corrected chi connectivity index (χ4v) is 3.85. The van der Waals surface area contributed by atoms with Crippen LogP contribution in [0.4, 0.5) is 0 Å². The maximum Gasteiger partial charge on any atom is 0.0624 e. The molecule has 3 nitrogen and oxygen atoms in total. The Morgan fingerprint density at radius 2 is 2.00 bits per heavy atom. The number of hydrogen-bond acceptors (Lipinski definition) is 2. The second kappa shape index (κ2) is 6.51. The first-order chi connectivity index (χ1) is 10.2. The smallest absolute Gasteiger partial charge is 0.0624 e. The number of hydrogen-bond donors (Lipinski definition) is 1. The highest BCUT2D eigenvalue weighted by Gasteiger charge is 2.35. The zero-order chi connectivity index (χ0) is 14.7. The second-order valence-electron chi connectivity index (χ2n) is 7.19. The van der Waals surface area contributed by atoms with Gasteiger partial charge in [-0.25, -0.2) is 0 Å². The lowest BCUT2D eigenvalue weighted by molar-refractivity contribution is 0.176. The van der Waals surface area contributed by atoms with Crippen LogP contribution >= 0.6 is 0 Å². The van der Waals surface area contributed by atoms with Gasteiger partial charge < -0.3 is 5.32 Å². The number of nitrogens with zero attached hydrogens (tertiary/aromatic N) is 2. The summed E-state index contributed by atoms with van der Waals surface area (Å²) in [5.74, 6) is 0. The zero-order valence-electron chi connectivity index (χ0n) is 13.8. The Morgan fingerprint density at radius 1 is 1.24 bits per heavy atom. The lowest BCUT2D eigenvalue weighted by atomic mass is 9.71. The normalized spacial score (nSPS) is 21.6. The van der Waals surface area contributed by atoms with Crippen LogP contribution in [0.1, 0.15) is 70.2 Å². The first kappa shape index (κ1) is 15.1. The van der Waals surface area contributed by atoms with Crippen molar-refractivity contribution in [1.82, 2.24) is 15.1 Å². The van der Waals surface area contributed by atoms with E-state index in [2.05, 4.69) is 29.9 Å². The molecule has 0 bridgehead atoms. The molecule has 0 amide bonds. The third kappa shape index (κ3) is 3.68. The van der Waals surface area contributed by atoms with Gasteiger partial charge in [-0.05, 0) is 56.9 Å². The number of aromatic nitrogens is 2. The predicted octanol–water partition coefficient (Wildman–Crippen LogP) is 3.71. The maximum absolute atomic E-state index is 4.75. The van der Waals surface area contributed by atoms with Crippen molar-refractivity contribution in [3.63, 3.8) is 0 Å². The van der Waals surface area contributed by atoms with E-state index in [4.69, 9.17) is 5.10 Å². The van der Waals surface area contributed by atoms with Crippen LogP contribution in [-0.4, -0.2) is 22.4 Å². The molecule has 0 aromatic carbocycles. The molecule has 2 saturated carbocycles. The maximum atomic E-state index is 4.75. The lowest BCUT2D eigenvalue weighted by Gasteiger charge is -2.38. The van der Waals surface area contributed by atoms with Crippen LogP contribution in [0.3, 0.4) is 0 Å². The van der Waals surface area contributed by atoms with Crippen molar-refractivity contribution in [2.45, 2.75) is 84.2 Å². The van der Waals surface area contributed by atoms with Gasteiger partial charge in [0.2, 0.25) is 0 Å². The van der Waals surface area contributed by atoms with Crippen molar-refractivity contribution in [3.8, 4) is 0 Å².